The number of aromatic nitrogens is 2. The van der Waals surface area contributed by atoms with E-state index in [1.54, 1.807) is 22.2 Å². The number of nitrogens with zero attached hydrogens (tertiary/aromatic N) is 3. The van der Waals surface area contributed by atoms with Crippen LogP contribution in [0.1, 0.15) is 44.9 Å². The number of fused-ring (bicyclic) bond motifs is 1. The van der Waals surface area contributed by atoms with Crippen molar-refractivity contribution in [1.82, 2.24) is 15.2 Å². The highest BCUT2D eigenvalue weighted by molar-refractivity contribution is 7.10. The van der Waals surface area contributed by atoms with Gasteiger partial charge in [-0.25, -0.2) is 5.43 Å². The maximum atomic E-state index is 12.2. The van der Waals surface area contributed by atoms with E-state index in [0.29, 0.717) is 0 Å². The summed E-state index contributed by atoms with van der Waals surface area (Å²) in [6, 6.07) is 0. The van der Waals surface area contributed by atoms with Crippen molar-refractivity contribution in [2.24, 2.45) is 12.1 Å². The number of hydrazone groups is 1. The number of amides is 1. The predicted octanol–water partition coefficient (Wildman–Crippen LogP) is 2.43. The van der Waals surface area contributed by atoms with Crippen LogP contribution in [0.4, 0.5) is 0 Å². The van der Waals surface area contributed by atoms with Gasteiger partial charge in [0.15, 0.2) is 0 Å². The fraction of sp³-hybridized carbons (Fsp3) is 0.400. The third kappa shape index (κ3) is 2.90. The normalized spacial score (nSPS) is 14.4. The van der Waals surface area contributed by atoms with Crippen LogP contribution in [0.2, 0.25) is 0 Å². The number of thiophene rings is 1. The number of carbonyl (C=O) groups excluding carboxylic acids is 1. The molecule has 2 aromatic rings. The second kappa shape index (κ2) is 5.81. The van der Waals surface area contributed by atoms with Gasteiger partial charge in [-0.1, -0.05) is 0 Å². The van der Waals surface area contributed by atoms with Crippen LogP contribution in [0.15, 0.2) is 16.7 Å². The Morgan fingerprint density at radius 1 is 1.48 bits per heavy atom. The molecule has 1 amide bonds. The number of hydrogen-bond donors (Lipinski definition) is 1. The highest BCUT2D eigenvalue weighted by atomic mass is 32.1. The Labute approximate surface area is 127 Å². The molecule has 0 saturated carbocycles. The van der Waals surface area contributed by atoms with Crippen LogP contribution in [0.5, 0.6) is 0 Å². The summed E-state index contributed by atoms with van der Waals surface area (Å²) in [4.78, 5) is 13.6. The SMILES string of the molecule is Cc1nn(C)cc1/C=N/NC(=O)c1csc2c1CCCC2. The Morgan fingerprint density at radius 3 is 3.05 bits per heavy atom. The Kier molecular flexibility index (Phi) is 3.88. The zero-order valence-electron chi connectivity index (χ0n) is 12.2. The van der Waals surface area contributed by atoms with Crippen molar-refractivity contribution >= 4 is 23.5 Å². The van der Waals surface area contributed by atoms with Gasteiger partial charge in [0.25, 0.3) is 5.91 Å². The molecule has 0 aromatic carbocycles. The van der Waals surface area contributed by atoms with Crippen LogP contribution < -0.4 is 5.43 Å². The van der Waals surface area contributed by atoms with Gasteiger partial charge in [-0.15, -0.1) is 11.3 Å². The lowest BCUT2D eigenvalue weighted by Gasteiger charge is -2.11. The van der Waals surface area contributed by atoms with Gasteiger partial charge in [-0.3, -0.25) is 9.48 Å². The summed E-state index contributed by atoms with van der Waals surface area (Å²) in [5, 5.41) is 10.2. The van der Waals surface area contributed by atoms with Crippen molar-refractivity contribution in [3.05, 3.63) is 38.8 Å². The van der Waals surface area contributed by atoms with Crippen LogP contribution in [0, 0.1) is 6.92 Å². The van der Waals surface area contributed by atoms with Gasteiger partial charge in [-0.05, 0) is 38.2 Å². The lowest BCUT2D eigenvalue weighted by molar-refractivity contribution is 0.0954. The van der Waals surface area contributed by atoms with E-state index < -0.39 is 0 Å². The van der Waals surface area contributed by atoms with Crippen molar-refractivity contribution in [3.63, 3.8) is 0 Å². The third-order valence-corrected chi connectivity index (χ3v) is 4.82. The molecule has 2 heterocycles. The number of rotatable bonds is 3. The molecule has 1 N–H and O–H groups in total. The van der Waals surface area contributed by atoms with Gasteiger partial charge in [0, 0.05) is 29.1 Å². The Bertz CT molecular complexity index is 699. The van der Waals surface area contributed by atoms with Gasteiger partial charge < -0.3 is 0 Å². The summed E-state index contributed by atoms with van der Waals surface area (Å²) >= 11 is 1.69. The highest BCUT2D eigenvalue weighted by Gasteiger charge is 2.19. The average Bonchev–Trinajstić information content (AvgIpc) is 3.02. The molecule has 21 heavy (non-hydrogen) atoms. The Morgan fingerprint density at radius 2 is 2.29 bits per heavy atom. The van der Waals surface area contributed by atoms with Crippen LogP contribution in [-0.4, -0.2) is 21.9 Å². The number of aryl methyl sites for hydroxylation is 3. The van der Waals surface area contributed by atoms with Gasteiger partial charge in [0.1, 0.15) is 0 Å². The first-order valence-electron chi connectivity index (χ1n) is 7.08. The molecule has 5 nitrogen and oxygen atoms in total. The van der Waals surface area contributed by atoms with Crippen LogP contribution >= 0.6 is 11.3 Å². The smallest absolute Gasteiger partial charge is 0.272 e. The van der Waals surface area contributed by atoms with Crippen molar-refractivity contribution in [3.8, 4) is 0 Å². The maximum Gasteiger partial charge on any atom is 0.272 e. The average molecular weight is 302 g/mol. The minimum absolute atomic E-state index is 0.118. The quantitative estimate of drug-likeness (QED) is 0.699. The molecule has 0 bridgehead atoms. The monoisotopic (exact) mass is 302 g/mol. The Balaban J connectivity index is 1.69. The van der Waals surface area contributed by atoms with Crippen LogP contribution in [0.3, 0.4) is 0 Å². The lowest BCUT2D eigenvalue weighted by atomic mass is 9.96. The molecule has 2 aromatic heterocycles. The minimum Gasteiger partial charge on any atom is -0.275 e. The van der Waals surface area contributed by atoms with Crippen molar-refractivity contribution < 1.29 is 4.79 Å². The number of carbonyl (C=O) groups is 1. The zero-order chi connectivity index (χ0) is 14.8. The maximum absolute atomic E-state index is 12.2. The first-order valence-corrected chi connectivity index (χ1v) is 7.96. The van der Waals surface area contributed by atoms with Gasteiger partial charge in [0.2, 0.25) is 0 Å². The molecule has 6 heteroatoms. The first kappa shape index (κ1) is 14.0. The van der Waals surface area contributed by atoms with E-state index >= 15 is 0 Å². The van der Waals surface area contributed by atoms with E-state index in [9.17, 15) is 4.79 Å². The van der Waals surface area contributed by atoms with E-state index in [2.05, 4.69) is 15.6 Å². The molecule has 0 fully saturated rings. The largest absolute Gasteiger partial charge is 0.275 e. The van der Waals surface area contributed by atoms with E-state index in [1.165, 1.54) is 23.3 Å². The van der Waals surface area contributed by atoms with Gasteiger partial charge in [0.05, 0.1) is 17.5 Å². The summed E-state index contributed by atoms with van der Waals surface area (Å²) < 4.78 is 1.73. The van der Waals surface area contributed by atoms with Crippen molar-refractivity contribution in [1.29, 1.82) is 0 Å². The summed E-state index contributed by atoms with van der Waals surface area (Å²) in [5.74, 6) is -0.118. The Hall–Kier alpha value is -1.95. The van der Waals surface area contributed by atoms with Crippen molar-refractivity contribution in [2.75, 3.05) is 0 Å². The van der Waals surface area contributed by atoms with Crippen LogP contribution in [0.25, 0.3) is 0 Å². The third-order valence-electron chi connectivity index (χ3n) is 3.73. The predicted molar refractivity (Wildman–Crippen MR) is 84.0 cm³/mol. The standard InChI is InChI=1S/C15H18N4OS/c1-10-11(8-19(2)18-10)7-16-17-15(20)13-9-21-14-6-4-3-5-12(13)14/h7-9H,3-6H2,1-2H3,(H,17,20)/b16-7+. The summed E-state index contributed by atoms with van der Waals surface area (Å²) in [7, 11) is 1.86. The molecular weight excluding hydrogens is 284 g/mol. The van der Waals surface area contributed by atoms with E-state index in [0.717, 1.165) is 29.7 Å². The second-order valence-electron chi connectivity index (χ2n) is 5.30. The molecule has 0 spiro atoms. The molecule has 1 aliphatic rings. The molecule has 0 radical (unpaired) electrons. The molecule has 3 rings (SSSR count). The molecule has 0 atom stereocenters. The summed E-state index contributed by atoms with van der Waals surface area (Å²) in [6.45, 7) is 1.92. The first-order chi connectivity index (χ1) is 10.1. The zero-order valence-corrected chi connectivity index (χ0v) is 13.0. The van der Waals surface area contributed by atoms with Crippen LogP contribution in [-0.2, 0) is 19.9 Å². The minimum atomic E-state index is -0.118. The number of hydrogen-bond acceptors (Lipinski definition) is 4. The summed E-state index contributed by atoms with van der Waals surface area (Å²) in [5.41, 5.74) is 6.43. The molecule has 110 valence electrons. The highest BCUT2D eigenvalue weighted by Crippen LogP contribution is 2.30. The van der Waals surface area contributed by atoms with E-state index in [4.69, 9.17) is 0 Å². The van der Waals surface area contributed by atoms with Gasteiger partial charge >= 0.3 is 0 Å². The fourth-order valence-corrected chi connectivity index (χ4v) is 3.78. The topological polar surface area (TPSA) is 59.3 Å². The molecule has 0 unspecified atom stereocenters. The fourth-order valence-electron chi connectivity index (χ4n) is 2.65. The number of nitrogens with one attached hydrogen (secondary N) is 1. The molecule has 1 aliphatic carbocycles. The summed E-state index contributed by atoms with van der Waals surface area (Å²) in [6.07, 6.45) is 8.02. The lowest BCUT2D eigenvalue weighted by Crippen LogP contribution is -2.19. The van der Waals surface area contributed by atoms with E-state index in [1.807, 2.05) is 25.5 Å². The molecule has 0 aliphatic heterocycles. The second-order valence-corrected chi connectivity index (χ2v) is 6.27. The van der Waals surface area contributed by atoms with Gasteiger partial charge in [-0.2, -0.15) is 10.2 Å². The molecular formula is C15H18N4OS. The molecule has 0 saturated heterocycles. The van der Waals surface area contributed by atoms with Crippen molar-refractivity contribution in [2.45, 2.75) is 32.6 Å². The van der Waals surface area contributed by atoms with E-state index in [-0.39, 0.29) is 5.91 Å².